The molecule has 7 heteroatoms. The summed E-state index contributed by atoms with van der Waals surface area (Å²) in [4.78, 5) is 36.3. The lowest BCUT2D eigenvalue weighted by Crippen LogP contribution is -3.17. The second-order valence-corrected chi connectivity index (χ2v) is 6.38. The summed E-state index contributed by atoms with van der Waals surface area (Å²) in [6, 6.07) is 6.66. The second kappa shape index (κ2) is 9.78. The quantitative estimate of drug-likeness (QED) is 0.547. The van der Waals surface area contributed by atoms with Crippen molar-refractivity contribution in [3.63, 3.8) is 0 Å². The number of nitrogens with one attached hydrogen (secondary N) is 4. The van der Waals surface area contributed by atoms with Gasteiger partial charge in [0.15, 0.2) is 12.6 Å². The molecule has 138 valence electrons. The van der Waals surface area contributed by atoms with Gasteiger partial charge in [0.25, 0.3) is 11.8 Å². The smallest absolute Gasteiger partial charge is 0.279 e. The van der Waals surface area contributed by atoms with Crippen molar-refractivity contribution in [3.05, 3.63) is 24.3 Å². The van der Waals surface area contributed by atoms with Crippen LogP contribution in [0, 0.1) is 0 Å². The van der Waals surface area contributed by atoms with E-state index in [1.54, 1.807) is 24.3 Å². The molecule has 0 aliphatic carbocycles. The number of amides is 3. The number of carbonyl (C=O) groups excluding carboxylic acids is 3. The molecule has 0 aliphatic heterocycles. The van der Waals surface area contributed by atoms with E-state index in [-0.39, 0.29) is 36.3 Å². The zero-order valence-electron chi connectivity index (χ0n) is 15.6. The highest BCUT2D eigenvalue weighted by Crippen LogP contribution is 2.13. The molecular weight excluding hydrogens is 320 g/mol. The standard InChI is InChI=1S/C18H28N4O3/c1-6-22(13(4)18(25)19-12(2)3)11-17(24)21-16-9-7-15(8-10-16)20-14(5)23/h7-10,12-13H,6,11H2,1-5H3,(H,19,25)(H,20,23)(H,21,24)/p+1/t13-/m0/s1. The predicted octanol–water partition coefficient (Wildman–Crippen LogP) is 0.401. The number of anilines is 2. The number of quaternary nitrogens is 1. The van der Waals surface area contributed by atoms with Crippen molar-refractivity contribution in [2.75, 3.05) is 23.7 Å². The minimum atomic E-state index is -0.305. The van der Waals surface area contributed by atoms with E-state index < -0.39 is 0 Å². The zero-order chi connectivity index (χ0) is 19.0. The molecule has 25 heavy (non-hydrogen) atoms. The highest BCUT2D eigenvalue weighted by Gasteiger charge is 2.26. The van der Waals surface area contributed by atoms with Gasteiger partial charge in [0, 0.05) is 24.3 Å². The van der Waals surface area contributed by atoms with Gasteiger partial charge in [-0.15, -0.1) is 0 Å². The third-order valence-electron chi connectivity index (χ3n) is 3.77. The third-order valence-corrected chi connectivity index (χ3v) is 3.77. The highest BCUT2D eigenvalue weighted by atomic mass is 16.2. The first-order chi connectivity index (χ1) is 11.7. The van der Waals surface area contributed by atoms with Crippen molar-refractivity contribution < 1.29 is 19.3 Å². The van der Waals surface area contributed by atoms with Crippen LogP contribution in [0.5, 0.6) is 0 Å². The van der Waals surface area contributed by atoms with Gasteiger partial charge >= 0.3 is 0 Å². The fourth-order valence-electron chi connectivity index (χ4n) is 2.43. The van der Waals surface area contributed by atoms with Crippen molar-refractivity contribution in [2.24, 2.45) is 0 Å². The molecule has 0 spiro atoms. The van der Waals surface area contributed by atoms with Crippen LogP contribution in [0.3, 0.4) is 0 Å². The van der Waals surface area contributed by atoms with Gasteiger partial charge in [-0.05, 0) is 52.0 Å². The maximum absolute atomic E-state index is 12.3. The predicted molar refractivity (Wildman–Crippen MR) is 98.5 cm³/mol. The Morgan fingerprint density at radius 2 is 1.52 bits per heavy atom. The molecular formula is C18H29N4O3+. The molecule has 0 radical (unpaired) electrons. The highest BCUT2D eigenvalue weighted by molar-refractivity contribution is 5.92. The van der Waals surface area contributed by atoms with Crippen molar-refractivity contribution >= 4 is 29.1 Å². The summed E-state index contributed by atoms with van der Waals surface area (Å²) in [7, 11) is 0. The van der Waals surface area contributed by atoms with Crippen LogP contribution >= 0.6 is 0 Å². The summed E-state index contributed by atoms with van der Waals surface area (Å²) in [5, 5.41) is 8.36. The Bertz CT molecular complexity index is 599. The fraction of sp³-hybridized carbons (Fsp3) is 0.500. The zero-order valence-corrected chi connectivity index (χ0v) is 15.6. The summed E-state index contributed by atoms with van der Waals surface area (Å²) in [6.07, 6.45) is 0. The van der Waals surface area contributed by atoms with Crippen LogP contribution in [-0.4, -0.2) is 42.9 Å². The Balaban J connectivity index is 2.61. The van der Waals surface area contributed by atoms with Gasteiger partial charge in [-0.2, -0.15) is 0 Å². The first-order valence-corrected chi connectivity index (χ1v) is 8.55. The minimum Gasteiger partial charge on any atom is -0.349 e. The van der Waals surface area contributed by atoms with Crippen molar-refractivity contribution in [2.45, 2.75) is 46.7 Å². The maximum Gasteiger partial charge on any atom is 0.279 e. The van der Waals surface area contributed by atoms with Crippen LogP contribution in [0.4, 0.5) is 11.4 Å². The van der Waals surface area contributed by atoms with Crippen LogP contribution in [-0.2, 0) is 14.4 Å². The molecule has 1 rings (SSSR count). The van der Waals surface area contributed by atoms with E-state index in [0.717, 1.165) is 4.90 Å². The number of likely N-dealkylation sites (N-methyl/N-ethyl adjacent to an activating group) is 1. The van der Waals surface area contributed by atoms with Crippen LogP contribution in [0.15, 0.2) is 24.3 Å². The van der Waals surface area contributed by atoms with Gasteiger partial charge in [-0.3, -0.25) is 14.4 Å². The molecule has 0 saturated carbocycles. The Morgan fingerprint density at radius 1 is 1.00 bits per heavy atom. The van der Waals surface area contributed by atoms with E-state index >= 15 is 0 Å². The van der Waals surface area contributed by atoms with Crippen molar-refractivity contribution in [1.29, 1.82) is 0 Å². The van der Waals surface area contributed by atoms with Crippen LogP contribution in [0.25, 0.3) is 0 Å². The molecule has 2 atom stereocenters. The average Bonchev–Trinajstić information content (AvgIpc) is 2.52. The molecule has 7 nitrogen and oxygen atoms in total. The van der Waals surface area contributed by atoms with Gasteiger partial charge in [-0.1, -0.05) is 0 Å². The molecule has 1 unspecified atom stereocenters. The van der Waals surface area contributed by atoms with Crippen LogP contribution < -0.4 is 20.9 Å². The van der Waals surface area contributed by atoms with E-state index in [4.69, 9.17) is 0 Å². The van der Waals surface area contributed by atoms with Gasteiger partial charge < -0.3 is 20.9 Å². The Kier molecular flexibility index (Phi) is 8.07. The summed E-state index contributed by atoms with van der Waals surface area (Å²) in [5.41, 5.74) is 1.32. The van der Waals surface area contributed by atoms with E-state index in [2.05, 4.69) is 16.0 Å². The Morgan fingerprint density at radius 3 is 1.96 bits per heavy atom. The number of hydrogen-bond acceptors (Lipinski definition) is 3. The lowest BCUT2D eigenvalue weighted by molar-refractivity contribution is -0.904. The van der Waals surface area contributed by atoms with Gasteiger partial charge in [0.05, 0.1) is 6.54 Å². The molecule has 0 bridgehead atoms. The lowest BCUT2D eigenvalue weighted by Gasteiger charge is -2.24. The van der Waals surface area contributed by atoms with Gasteiger partial charge in [-0.25, -0.2) is 0 Å². The number of rotatable bonds is 8. The lowest BCUT2D eigenvalue weighted by atomic mass is 10.2. The number of benzene rings is 1. The molecule has 0 heterocycles. The molecule has 0 saturated heterocycles. The number of carbonyl (C=O) groups is 3. The van der Waals surface area contributed by atoms with Gasteiger partial charge in [0.2, 0.25) is 5.91 Å². The van der Waals surface area contributed by atoms with Crippen molar-refractivity contribution in [3.8, 4) is 0 Å². The topological polar surface area (TPSA) is 91.7 Å². The first-order valence-electron chi connectivity index (χ1n) is 8.55. The van der Waals surface area contributed by atoms with E-state index in [1.165, 1.54) is 6.92 Å². The average molecular weight is 349 g/mol. The van der Waals surface area contributed by atoms with E-state index in [9.17, 15) is 14.4 Å². The molecule has 1 aromatic carbocycles. The molecule has 0 fully saturated rings. The summed E-state index contributed by atoms with van der Waals surface area (Å²) in [5.74, 6) is -0.361. The van der Waals surface area contributed by atoms with E-state index in [1.807, 2.05) is 27.7 Å². The SMILES string of the molecule is CC[NH+](CC(=O)Nc1ccc(NC(C)=O)cc1)[C@@H](C)C(=O)NC(C)C. The molecule has 3 amide bonds. The maximum atomic E-state index is 12.3. The Hall–Kier alpha value is -2.41. The third kappa shape index (κ3) is 7.34. The van der Waals surface area contributed by atoms with Crippen LogP contribution in [0.1, 0.15) is 34.6 Å². The molecule has 0 aromatic heterocycles. The summed E-state index contributed by atoms with van der Waals surface area (Å²) >= 11 is 0. The molecule has 0 aliphatic rings. The van der Waals surface area contributed by atoms with Crippen molar-refractivity contribution in [1.82, 2.24) is 5.32 Å². The molecule has 4 N–H and O–H groups in total. The summed E-state index contributed by atoms with van der Waals surface area (Å²) < 4.78 is 0. The second-order valence-electron chi connectivity index (χ2n) is 6.38. The Labute approximate surface area is 149 Å². The number of hydrogen-bond donors (Lipinski definition) is 4. The monoisotopic (exact) mass is 349 g/mol. The van der Waals surface area contributed by atoms with Gasteiger partial charge in [0.1, 0.15) is 0 Å². The fourth-order valence-corrected chi connectivity index (χ4v) is 2.43. The normalized spacial score (nSPS) is 13.0. The minimum absolute atomic E-state index is 0.0562. The first kappa shape index (κ1) is 20.6. The molecule has 1 aromatic rings. The largest absolute Gasteiger partial charge is 0.349 e. The van der Waals surface area contributed by atoms with E-state index in [0.29, 0.717) is 17.9 Å². The van der Waals surface area contributed by atoms with Crippen LogP contribution in [0.2, 0.25) is 0 Å². The summed E-state index contributed by atoms with van der Waals surface area (Å²) in [6.45, 7) is 9.91.